The summed E-state index contributed by atoms with van der Waals surface area (Å²) in [6.45, 7) is 2.35. The molecule has 0 unspecified atom stereocenters. The third-order valence-electron chi connectivity index (χ3n) is 2.60. The van der Waals surface area contributed by atoms with Crippen LogP contribution in [-0.4, -0.2) is 9.91 Å². The molecule has 5 nitrogen and oxygen atoms in total. The predicted molar refractivity (Wildman–Crippen MR) is 74.4 cm³/mol. The zero-order valence-corrected chi connectivity index (χ0v) is 11.0. The molecule has 0 aliphatic rings. The lowest BCUT2D eigenvalue weighted by Crippen LogP contribution is -2.01. The van der Waals surface area contributed by atoms with E-state index in [0.29, 0.717) is 17.1 Å². The van der Waals surface area contributed by atoms with Crippen LogP contribution in [0.2, 0.25) is 5.02 Å². The SMILES string of the molecule is Cc1cncc(NCc2cc([N+](=O)[O-])ccc2Cl)c1. The fourth-order valence-electron chi connectivity index (χ4n) is 1.66. The van der Waals surface area contributed by atoms with Crippen molar-refractivity contribution in [3.63, 3.8) is 0 Å². The van der Waals surface area contributed by atoms with Gasteiger partial charge in [-0.1, -0.05) is 11.6 Å². The van der Waals surface area contributed by atoms with Crippen molar-refractivity contribution in [3.8, 4) is 0 Å². The van der Waals surface area contributed by atoms with E-state index < -0.39 is 4.92 Å². The van der Waals surface area contributed by atoms with Crippen LogP contribution in [0.5, 0.6) is 0 Å². The van der Waals surface area contributed by atoms with E-state index in [4.69, 9.17) is 11.6 Å². The smallest absolute Gasteiger partial charge is 0.269 e. The average molecular weight is 278 g/mol. The maximum absolute atomic E-state index is 10.7. The van der Waals surface area contributed by atoms with Crippen molar-refractivity contribution < 1.29 is 4.92 Å². The third kappa shape index (κ3) is 3.42. The van der Waals surface area contributed by atoms with E-state index in [1.165, 1.54) is 18.2 Å². The number of nitro groups is 1. The van der Waals surface area contributed by atoms with Gasteiger partial charge in [0.2, 0.25) is 0 Å². The van der Waals surface area contributed by atoms with Crippen LogP contribution in [0.3, 0.4) is 0 Å². The number of rotatable bonds is 4. The highest BCUT2D eigenvalue weighted by molar-refractivity contribution is 6.31. The second-order valence-corrected chi connectivity index (χ2v) is 4.54. The fourth-order valence-corrected chi connectivity index (χ4v) is 1.84. The number of benzene rings is 1. The molecule has 0 radical (unpaired) electrons. The number of hydrogen-bond acceptors (Lipinski definition) is 4. The second kappa shape index (κ2) is 5.67. The molecular weight excluding hydrogens is 266 g/mol. The second-order valence-electron chi connectivity index (χ2n) is 4.14. The third-order valence-corrected chi connectivity index (χ3v) is 2.97. The van der Waals surface area contributed by atoms with Gasteiger partial charge in [-0.2, -0.15) is 0 Å². The van der Waals surface area contributed by atoms with E-state index in [2.05, 4.69) is 10.3 Å². The molecule has 2 aromatic rings. The predicted octanol–water partition coefficient (Wildman–Crippen LogP) is 3.56. The highest BCUT2D eigenvalue weighted by atomic mass is 35.5. The molecule has 1 aromatic carbocycles. The van der Waals surface area contributed by atoms with Crippen molar-refractivity contribution in [3.05, 3.63) is 62.9 Å². The molecule has 0 fully saturated rings. The molecule has 6 heteroatoms. The summed E-state index contributed by atoms with van der Waals surface area (Å²) >= 11 is 6.02. The number of pyridine rings is 1. The van der Waals surface area contributed by atoms with Gasteiger partial charge in [-0.15, -0.1) is 0 Å². The summed E-state index contributed by atoms with van der Waals surface area (Å²) in [5.41, 5.74) is 2.60. The van der Waals surface area contributed by atoms with Crippen LogP contribution in [0, 0.1) is 17.0 Å². The Bertz CT molecular complexity index is 617. The van der Waals surface area contributed by atoms with Crippen molar-refractivity contribution in [2.75, 3.05) is 5.32 Å². The summed E-state index contributed by atoms with van der Waals surface area (Å²) in [5.74, 6) is 0. The lowest BCUT2D eigenvalue weighted by molar-refractivity contribution is -0.384. The standard InChI is InChI=1S/C13H12ClN3O2/c1-9-4-11(8-15-6-9)16-7-10-5-12(17(18)19)2-3-13(10)14/h2-6,8,16H,7H2,1H3. The largest absolute Gasteiger partial charge is 0.380 e. The Hall–Kier alpha value is -2.14. The summed E-state index contributed by atoms with van der Waals surface area (Å²) in [6, 6.07) is 6.34. The molecule has 0 amide bonds. The maximum atomic E-state index is 10.7. The first-order chi connectivity index (χ1) is 9.06. The molecule has 0 aliphatic heterocycles. The van der Waals surface area contributed by atoms with Crippen molar-refractivity contribution in [2.45, 2.75) is 13.5 Å². The van der Waals surface area contributed by atoms with Crippen LogP contribution in [0.4, 0.5) is 11.4 Å². The highest BCUT2D eigenvalue weighted by Crippen LogP contribution is 2.23. The monoisotopic (exact) mass is 277 g/mol. The molecule has 0 spiro atoms. The summed E-state index contributed by atoms with van der Waals surface area (Å²) in [6.07, 6.45) is 3.45. The lowest BCUT2D eigenvalue weighted by atomic mass is 10.2. The van der Waals surface area contributed by atoms with Gasteiger partial charge in [0.25, 0.3) is 5.69 Å². The number of aromatic nitrogens is 1. The minimum Gasteiger partial charge on any atom is -0.380 e. The number of hydrogen-bond donors (Lipinski definition) is 1. The quantitative estimate of drug-likeness (QED) is 0.685. The van der Waals surface area contributed by atoms with Crippen molar-refractivity contribution in [1.29, 1.82) is 0 Å². The molecule has 98 valence electrons. The van der Waals surface area contributed by atoms with Gasteiger partial charge in [-0.3, -0.25) is 15.1 Å². The molecule has 0 atom stereocenters. The summed E-state index contributed by atoms with van der Waals surface area (Å²) in [4.78, 5) is 14.3. The Morgan fingerprint density at radius 1 is 1.37 bits per heavy atom. The number of aryl methyl sites for hydroxylation is 1. The molecule has 0 saturated carbocycles. The van der Waals surface area contributed by atoms with Gasteiger partial charge >= 0.3 is 0 Å². The minimum absolute atomic E-state index is 0.0311. The van der Waals surface area contributed by atoms with Crippen LogP contribution >= 0.6 is 11.6 Å². The topological polar surface area (TPSA) is 68.1 Å². The molecule has 1 N–H and O–H groups in total. The van der Waals surface area contributed by atoms with Crippen molar-refractivity contribution in [2.24, 2.45) is 0 Å². The molecule has 19 heavy (non-hydrogen) atoms. The maximum Gasteiger partial charge on any atom is 0.269 e. The van der Waals surface area contributed by atoms with E-state index in [9.17, 15) is 10.1 Å². The van der Waals surface area contributed by atoms with Gasteiger partial charge in [0.15, 0.2) is 0 Å². The van der Waals surface area contributed by atoms with Crippen LogP contribution in [0.15, 0.2) is 36.7 Å². The lowest BCUT2D eigenvalue weighted by Gasteiger charge is -2.08. The van der Waals surface area contributed by atoms with E-state index in [1.54, 1.807) is 12.4 Å². The Morgan fingerprint density at radius 3 is 2.84 bits per heavy atom. The Kier molecular flexibility index (Phi) is 3.97. The fraction of sp³-hybridized carbons (Fsp3) is 0.154. The summed E-state index contributed by atoms with van der Waals surface area (Å²) in [5, 5.41) is 14.4. The number of halogens is 1. The summed E-state index contributed by atoms with van der Waals surface area (Å²) in [7, 11) is 0. The van der Waals surface area contributed by atoms with Crippen LogP contribution < -0.4 is 5.32 Å². The number of anilines is 1. The van der Waals surface area contributed by atoms with Gasteiger partial charge in [-0.25, -0.2) is 0 Å². The first-order valence-corrected chi connectivity index (χ1v) is 6.02. The number of non-ortho nitro benzene ring substituents is 1. The Morgan fingerprint density at radius 2 is 2.16 bits per heavy atom. The molecule has 1 aromatic heterocycles. The first kappa shape index (κ1) is 13.3. The Balaban J connectivity index is 2.15. The van der Waals surface area contributed by atoms with Gasteiger partial charge in [-0.05, 0) is 30.2 Å². The van der Waals surface area contributed by atoms with Gasteiger partial charge < -0.3 is 5.32 Å². The number of nitrogens with zero attached hydrogens (tertiary/aromatic N) is 2. The minimum atomic E-state index is -0.436. The van der Waals surface area contributed by atoms with Gasteiger partial charge in [0.1, 0.15) is 0 Å². The van der Waals surface area contributed by atoms with Crippen LogP contribution in [0.25, 0.3) is 0 Å². The molecule has 0 aliphatic carbocycles. The van der Waals surface area contributed by atoms with E-state index in [-0.39, 0.29) is 5.69 Å². The normalized spacial score (nSPS) is 10.2. The number of nitrogens with one attached hydrogen (secondary N) is 1. The molecule has 2 rings (SSSR count). The molecule has 0 bridgehead atoms. The summed E-state index contributed by atoms with van der Waals surface area (Å²) < 4.78 is 0. The Labute approximate surface area is 115 Å². The van der Waals surface area contributed by atoms with Crippen molar-refractivity contribution in [1.82, 2.24) is 4.98 Å². The molecule has 1 heterocycles. The first-order valence-electron chi connectivity index (χ1n) is 5.64. The zero-order valence-electron chi connectivity index (χ0n) is 10.3. The molecular formula is C13H12ClN3O2. The highest BCUT2D eigenvalue weighted by Gasteiger charge is 2.09. The van der Waals surface area contributed by atoms with Crippen LogP contribution in [0.1, 0.15) is 11.1 Å². The average Bonchev–Trinajstić information content (AvgIpc) is 2.37. The van der Waals surface area contributed by atoms with Crippen LogP contribution in [-0.2, 0) is 6.54 Å². The van der Waals surface area contributed by atoms with E-state index >= 15 is 0 Å². The number of nitro benzene ring substituents is 1. The molecule has 0 saturated heterocycles. The van der Waals surface area contributed by atoms with Crippen molar-refractivity contribution >= 4 is 23.0 Å². The van der Waals surface area contributed by atoms with Gasteiger partial charge in [0.05, 0.1) is 10.6 Å². The zero-order chi connectivity index (χ0) is 13.8. The van der Waals surface area contributed by atoms with Gasteiger partial charge in [0, 0.05) is 36.1 Å². The van der Waals surface area contributed by atoms with E-state index in [1.807, 2.05) is 13.0 Å². The van der Waals surface area contributed by atoms with E-state index in [0.717, 1.165) is 11.3 Å².